The zero-order valence-electron chi connectivity index (χ0n) is 15.9. The molecular weight excluding hydrogens is 386 g/mol. The van der Waals surface area contributed by atoms with Crippen molar-refractivity contribution >= 4 is 46.0 Å². The lowest BCUT2D eigenvalue weighted by Gasteiger charge is -2.19. The Bertz CT molecular complexity index is 1010. The number of aliphatic imine (C=N–C) groups is 1. The van der Waals surface area contributed by atoms with E-state index >= 15 is 0 Å². The van der Waals surface area contributed by atoms with Crippen molar-refractivity contribution in [3.63, 3.8) is 0 Å². The molecule has 0 aliphatic carbocycles. The van der Waals surface area contributed by atoms with Crippen LogP contribution < -0.4 is 4.90 Å². The fourth-order valence-corrected chi connectivity index (χ4v) is 5.61. The summed E-state index contributed by atoms with van der Waals surface area (Å²) in [6, 6.07) is 16.2. The van der Waals surface area contributed by atoms with Gasteiger partial charge in [0, 0.05) is 18.0 Å². The molecule has 2 aliphatic rings. The number of fused-ring (bicyclic) bond motifs is 1. The number of amides is 1. The molecule has 0 aromatic heterocycles. The normalized spacial score (nSPS) is 20.2. The van der Waals surface area contributed by atoms with E-state index in [9.17, 15) is 4.79 Å². The Kier molecular flexibility index (Phi) is 5.33. The zero-order valence-corrected chi connectivity index (χ0v) is 17.5. The first-order valence-corrected chi connectivity index (χ1v) is 10.8. The van der Waals surface area contributed by atoms with Crippen LogP contribution in [0.25, 0.3) is 0 Å². The van der Waals surface area contributed by atoms with Crippen LogP contribution >= 0.6 is 23.5 Å². The van der Waals surface area contributed by atoms with E-state index in [2.05, 4.69) is 30.5 Å². The molecule has 1 fully saturated rings. The van der Waals surface area contributed by atoms with Crippen molar-refractivity contribution in [2.75, 3.05) is 18.0 Å². The zero-order chi connectivity index (χ0) is 19.7. The second kappa shape index (κ2) is 7.89. The molecule has 28 heavy (non-hydrogen) atoms. The molecule has 2 heterocycles. The Hall–Kier alpha value is -2.44. The first-order chi connectivity index (χ1) is 13.6. The van der Waals surface area contributed by atoms with Crippen LogP contribution in [0.2, 0.25) is 0 Å². The van der Waals surface area contributed by atoms with Gasteiger partial charge in [0.1, 0.15) is 9.93 Å². The molecule has 2 aromatic rings. The van der Waals surface area contributed by atoms with Gasteiger partial charge in [-0.3, -0.25) is 9.69 Å². The molecule has 0 atom stereocenters. The number of nitrogens with zero attached hydrogens (tertiary/aromatic N) is 3. The average molecular weight is 408 g/mol. The molecule has 4 nitrogen and oxygen atoms in total. The van der Waals surface area contributed by atoms with Gasteiger partial charge in [-0.2, -0.15) is 0 Å². The summed E-state index contributed by atoms with van der Waals surface area (Å²) in [5.41, 5.74) is 3.12. The third-order valence-electron chi connectivity index (χ3n) is 4.63. The number of rotatable bonds is 4. The van der Waals surface area contributed by atoms with Crippen LogP contribution in [0.1, 0.15) is 12.5 Å². The van der Waals surface area contributed by atoms with Crippen molar-refractivity contribution in [2.45, 2.75) is 18.7 Å². The maximum Gasteiger partial charge on any atom is 0.269 e. The van der Waals surface area contributed by atoms with Gasteiger partial charge >= 0.3 is 0 Å². The standard InChI is InChI=1S/C22H21N3OS2/c1-4-14-25-20(26)19(28-22(25)23-16-11-7-6-10-15(16)3)21-24(5-2)17-12-8-9-13-18(17)27-21/h4,6-13H,1,5,14H2,2-3H3/b21-19-,23-22?. The van der Waals surface area contributed by atoms with Crippen molar-refractivity contribution in [1.82, 2.24) is 4.90 Å². The van der Waals surface area contributed by atoms with Crippen LogP contribution in [-0.4, -0.2) is 29.1 Å². The summed E-state index contributed by atoms with van der Waals surface area (Å²) in [6.07, 6.45) is 1.74. The number of hydrogen-bond acceptors (Lipinski definition) is 5. The second-order valence-electron chi connectivity index (χ2n) is 6.44. The number of amidine groups is 1. The Labute approximate surface area is 174 Å². The van der Waals surface area contributed by atoms with Crippen molar-refractivity contribution in [1.29, 1.82) is 0 Å². The van der Waals surface area contributed by atoms with E-state index in [1.165, 1.54) is 16.7 Å². The van der Waals surface area contributed by atoms with Crippen molar-refractivity contribution in [3.8, 4) is 0 Å². The molecule has 0 N–H and O–H groups in total. The number of anilines is 1. The molecule has 0 saturated carbocycles. The van der Waals surface area contributed by atoms with E-state index in [1.807, 2.05) is 43.3 Å². The SMILES string of the molecule is C=CCN1C(=O)/C(=C2/Sc3ccccc3N2CC)SC1=Nc1ccccc1C. The van der Waals surface area contributed by atoms with Gasteiger partial charge < -0.3 is 4.90 Å². The molecule has 0 spiro atoms. The minimum Gasteiger partial charge on any atom is -0.334 e. The Morgan fingerprint density at radius 1 is 1.07 bits per heavy atom. The van der Waals surface area contributed by atoms with Gasteiger partial charge in [-0.1, -0.05) is 48.2 Å². The highest BCUT2D eigenvalue weighted by Gasteiger charge is 2.39. The number of thioether (sulfide) groups is 2. The van der Waals surface area contributed by atoms with E-state index in [-0.39, 0.29) is 5.91 Å². The fraction of sp³-hybridized carbons (Fsp3) is 0.182. The predicted molar refractivity (Wildman–Crippen MR) is 120 cm³/mol. The number of hydrogen-bond donors (Lipinski definition) is 0. The average Bonchev–Trinajstić information content (AvgIpc) is 3.22. The molecule has 2 aliphatic heterocycles. The third-order valence-corrected chi connectivity index (χ3v) is 7.00. The van der Waals surface area contributed by atoms with Crippen LogP contribution in [-0.2, 0) is 4.79 Å². The molecule has 6 heteroatoms. The van der Waals surface area contributed by atoms with Crippen molar-refractivity contribution in [3.05, 3.63) is 76.7 Å². The highest BCUT2D eigenvalue weighted by Crippen LogP contribution is 2.50. The van der Waals surface area contributed by atoms with Crippen LogP contribution in [0.15, 0.2) is 81.0 Å². The number of para-hydroxylation sites is 2. The summed E-state index contributed by atoms with van der Waals surface area (Å²) in [7, 11) is 0. The van der Waals surface area contributed by atoms with Gasteiger partial charge in [0.25, 0.3) is 5.91 Å². The highest BCUT2D eigenvalue weighted by atomic mass is 32.2. The number of carbonyl (C=O) groups excluding carboxylic acids is 1. The fourth-order valence-electron chi connectivity index (χ4n) is 3.22. The van der Waals surface area contributed by atoms with Crippen LogP contribution in [0, 0.1) is 6.92 Å². The Balaban J connectivity index is 1.78. The van der Waals surface area contributed by atoms with Crippen molar-refractivity contribution in [2.24, 2.45) is 4.99 Å². The third kappa shape index (κ3) is 3.27. The van der Waals surface area contributed by atoms with E-state index in [0.29, 0.717) is 11.7 Å². The monoisotopic (exact) mass is 407 g/mol. The summed E-state index contributed by atoms with van der Waals surface area (Å²) in [6.45, 7) is 9.20. The van der Waals surface area contributed by atoms with Crippen LogP contribution in [0.4, 0.5) is 11.4 Å². The maximum atomic E-state index is 13.3. The second-order valence-corrected chi connectivity index (χ2v) is 8.44. The topological polar surface area (TPSA) is 35.9 Å². The predicted octanol–water partition coefficient (Wildman–Crippen LogP) is 5.55. The lowest BCUT2D eigenvalue weighted by molar-refractivity contribution is -0.121. The van der Waals surface area contributed by atoms with Gasteiger partial charge in [-0.25, -0.2) is 4.99 Å². The Morgan fingerprint density at radius 3 is 2.57 bits per heavy atom. The molecule has 2 aromatic carbocycles. The molecule has 1 amide bonds. The summed E-state index contributed by atoms with van der Waals surface area (Å²) < 4.78 is 0. The number of carbonyl (C=O) groups is 1. The summed E-state index contributed by atoms with van der Waals surface area (Å²) in [4.78, 5) is 23.9. The number of aryl methyl sites for hydroxylation is 1. The summed E-state index contributed by atoms with van der Waals surface area (Å²) in [5.74, 6) is -0.00834. The van der Waals surface area contributed by atoms with E-state index in [0.717, 1.165) is 33.4 Å². The van der Waals surface area contributed by atoms with Crippen LogP contribution in [0.5, 0.6) is 0 Å². The molecule has 1 saturated heterocycles. The lowest BCUT2D eigenvalue weighted by Crippen LogP contribution is -2.30. The smallest absolute Gasteiger partial charge is 0.269 e. The molecule has 0 bridgehead atoms. The van der Waals surface area contributed by atoms with Gasteiger partial charge in [0.15, 0.2) is 5.17 Å². The maximum absolute atomic E-state index is 13.3. The Morgan fingerprint density at radius 2 is 1.82 bits per heavy atom. The minimum atomic E-state index is -0.00834. The first kappa shape index (κ1) is 18.9. The molecule has 0 unspecified atom stereocenters. The van der Waals surface area contributed by atoms with Crippen molar-refractivity contribution < 1.29 is 4.79 Å². The van der Waals surface area contributed by atoms with Gasteiger partial charge in [-0.15, -0.1) is 6.58 Å². The van der Waals surface area contributed by atoms with Gasteiger partial charge in [0.05, 0.1) is 11.4 Å². The van der Waals surface area contributed by atoms with E-state index in [4.69, 9.17) is 4.99 Å². The van der Waals surface area contributed by atoms with Gasteiger partial charge in [0.2, 0.25) is 0 Å². The summed E-state index contributed by atoms with van der Waals surface area (Å²) in [5, 5.41) is 1.69. The quantitative estimate of drug-likeness (QED) is 0.492. The molecular formula is C22H21N3OS2. The van der Waals surface area contributed by atoms with E-state index in [1.54, 1.807) is 22.7 Å². The molecule has 142 valence electrons. The highest BCUT2D eigenvalue weighted by molar-refractivity contribution is 8.19. The largest absolute Gasteiger partial charge is 0.334 e. The minimum absolute atomic E-state index is 0.00834. The molecule has 4 rings (SSSR count). The number of benzene rings is 2. The molecule has 0 radical (unpaired) electrons. The van der Waals surface area contributed by atoms with Gasteiger partial charge in [-0.05, 0) is 49.4 Å². The van der Waals surface area contributed by atoms with E-state index < -0.39 is 0 Å². The first-order valence-electron chi connectivity index (χ1n) is 9.17. The lowest BCUT2D eigenvalue weighted by atomic mass is 10.2. The van der Waals surface area contributed by atoms with Crippen LogP contribution in [0.3, 0.4) is 0 Å². The summed E-state index contributed by atoms with van der Waals surface area (Å²) >= 11 is 3.11.